The summed E-state index contributed by atoms with van der Waals surface area (Å²) in [5.74, 6) is -0.362. The van der Waals surface area contributed by atoms with Crippen LogP contribution in [0.2, 0.25) is 0 Å². The largest absolute Gasteiger partial charge is 0.478 e. The maximum Gasteiger partial charge on any atom is 0.335 e. The van der Waals surface area contributed by atoms with Gasteiger partial charge in [0.2, 0.25) is 0 Å². The molecule has 0 spiro atoms. The molecule has 0 fully saturated rings. The molecule has 2 N–H and O–H groups in total. The van der Waals surface area contributed by atoms with Crippen LogP contribution in [0.1, 0.15) is 48.1 Å². The Bertz CT molecular complexity index is 680. The number of aromatic carboxylic acids is 1. The molecule has 0 aliphatic carbocycles. The fourth-order valence-electron chi connectivity index (χ4n) is 2.66. The summed E-state index contributed by atoms with van der Waals surface area (Å²) >= 11 is 3.42. The maximum absolute atomic E-state index is 11.1. The van der Waals surface area contributed by atoms with Gasteiger partial charge in [-0.2, -0.15) is 0 Å². The molecular weight excluding hydrogens is 312 g/mol. The fourth-order valence-corrected chi connectivity index (χ4v) is 3.30. The van der Waals surface area contributed by atoms with Crippen LogP contribution >= 0.6 is 15.9 Å². The zero-order valence-corrected chi connectivity index (χ0v) is 11.9. The average molecular weight is 325 g/mol. The van der Waals surface area contributed by atoms with Gasteiger partial charge in [-0.25, -0.2) is 9.78 Å². The molecule has 2 heterocycles. The second kappa shape index (κ2) is 4.31. The van der Waals surface area contributed by atoms with Crippen molar-refractivity contribution in [1.29, 1.82) is 0 Å². The van der Waals surface area contributed by atoms with E-state index in [0.29, 0.717) is 22.2 Å². The van der Waals surface area contributed by atoms with Crippen molar-refractivity contribution in [2.24, 2.45) is 0 Å². The summed E-state index contributed by atoms with van der Waals surface area (Å²) in [4.78, 5) is 15.5. The van der Waals surface area contributed by atoms with Crippen LogP contribution < -0.4 is 0 Å². The Morgan fingerprint density at radius 1 is 1.47 bits per heavy atom. The average Bonchev–Trinajstić information content (AvgIpc) is 2.74. The van der Waals surface area contributed by atoms with E-state index in [0.717, 1.165) is 11.9 Å². The summed E-state index contributed by atoms with van der Waals surface area (Å²) in [5.41, 5.74) is 1.65. The topological polar surface area (TPSA) is 75.3 Å². The molecule has 0 amide bonds. The number of carboxylic acids is 1. The molecule has 3 rings (SSSR count). The monoisotopic (exact) mass is 324 g/mol. The summed E-state index contributed by atoms with van der Waals surface area (Å²) in [6.45, 7) is 2.08. The number of aliphatic hydroxyl groups is 1. The van der Waals surface area contributed by atoms with E-state index in [1.54, 1.807) is 12.1 Å². The van der Waals surface area contributed by atoms with E-state index in [4.69, 9.17) is 5.11 Å². The SMILES string of the molecule is C[C@@H]1CC[C@@H](O)c2nc3cc(C(=O)O)cc(Br)c3n21. The quantitative estimate of drug-likeness (QED) is 0.845. The van der Waals surface area contributed by atoms with Gasteiger partial charge in [0, 0.05) is 10.5 Å². The molecule has 1 aliphatic rings. The second-order valence-corrected chi connectivity index (χ2v) is 5.77. The van der Waals surface area contributed by atoms with E-state index in [2.05, 4.69) is 27.8 Å². The third-order valence-corrected chi connectivity index (χ3v) is 4.21. The molecule has 2 atom stereocenters. The van der Waals surface area contributed by atoms with Crippen LogP contribution in [0.15, 0.2) is 16.6 Å². The molecule has 5 nitrogen and oxygen atoms in total. The maximum atomic E-state index is 11.1. The van der Waals surface area contributed by atoms with Gasteiger partial charge < -0.3 is 14.8 Å². The highest BCUT2D eigenvalue weighted by molar-refractivity contribution is 9.10. The van der Waals surface area contributed by atoms with E-state index in [1.807, 2.05) is 4.57 Å². The third kappa shape index (κ3) is 1.86. The number of fused-ring (bicyclic) bond motifs is 3. The van der Waals surface area contributed by atoms with Gasteiger partial charge >= 0.3 is 5.97 Å². The van der Waals surface area contributed by atoms with Crippen molar-refractivity contribution in [3.8, 4) is 0 Å². The number of carbonyl (C=O) groups is 1. The van der Waals surface area contributed by atoms with Gasteiger partial charge in [-0.3, -0.25) is 0 Å². The summed E-state index contributed by atoms with van der Waals surface area (Å²) in [5, 5.41) is 19.1. The van der Waals surface area contributed by atoms with E-state index >= 15 is 0 Å². The first-order chi connectivity index (χ1) is 8.99. The number of rotatable bonds is 1. The first kappa shape index (κ1) is 12.6. The van der Waals surface area contributed by atoms with Crippen molar-refractivity contribution in [2.45, 2.75) is 31.9 Å². The molecule has 6 heteroatoms. The van der Waals surface area contributed by atoms with Crippen LogP contribution in [0.4, 0.5) is 0 Å². The molecular formula is C13H13BrN2O3. The standard InChI is InChI=1S/C13H13BrN2O3/c1-6-2-3-10(17)12-15-9-5-7(13(18)19)4-8(14)11(9)16(6)12/h4-6,10,17H,2-3H2,1H3,(H,18,19)/t6-,10-/m1/s1. The third-order valence-electron chi connectivity index (χ3n) is 3.61. The molecule has 0 bridgehead atoms. The van der Waals surface area contributed by atoms with Crippen molar-refractivity contribution in [3.05, 3.63) is 28.0 Å². The molecule has 1 aliphatic heterocycles. The van der Waals surface area contributed by atoms with Gasteiger partial charge in [0.25, 0.3) is 0 Å². The minimum Gasteiger partial charge on any atom is -0.478 e. The lowest BCUT2D eigenvalue weighted by Crippen LogP contribution is -2.19. The van der Waals surface area contributed by atoms with Crippen molar-refractivity contribution in [1.82, 2.24) is 9.55 Å². The predicted octanol–water partition coefficient (Wildman–Crippen LogP) is 2.89. The first-order valence-corrected chi connectivity index (χ1v) is 6.91. The minimum absolute atomic E-state index is 0.192. The Kier molecular flexibility index (Phi) is 2.87. The highest BCUT2D eigenvalue weighted by atomic mass is 79.9. The molecule has 0 unspecified atom stereocenters. The predicted molar refractivity (Wildman–Crippen MR) is 73.3 cm³/mol. The highest BCUT2D eigenvalue weighted by Crippen LogP contribution is 2.37. The van der Waals surface area contributed by atoms with Gasteiger partial charge in [0.1, 0.15) is 11.9 Å². The van der Waals surface area contributed by atoms with Crippen molar-refractivity contribution in [3.63, 3.8) is 0 Å². The Morgan fingerprint density at radius 3 is 2.89 bits per heavy atom. The molecule has 2 aromatic rings. The molecule has 100 valence electrons. The Labute approximate surface area is 118 Å². The highest BCUT2D eigenvalue weighted by Gasteiger charge is 2.28. The lowest BCUT2D eigenvalue weighted by molar-refractivity contribution is 0.0697. The number of imidazole rings is 1. The van der Waals surface area contributed by atoms with Gasteiger partial charge in [-0.1, -0.05) is 0 Å². The van der Waals surface area contributed by atoms with Gasteiger partial charge in [-0.15, -0.1) is 0 Å². The fraction of sp³-hybridized carbons (Fsp3) is 0.385. The van der Waals surface area contributed by atoms with Gasteiger partial charge in [0.05, 0.1) is 16.6 Å². The van der Waals surface area contributed by atoms with Crippen LogP contribution in [0.5, 0.6) is 0 Å². The normalized spacial score (nSPS) is 22.5. The zero-order chi connectivity index (χ0) is 13.7. The molecule has 1 aromatic heterocycles. The molecule has 0 saturated carbocycles. The van der Waals surface area contributed by atoms with Gasteiger partial charge in [0.15, 0.2) is 0 Å². The van der Waals surface area contributed by atoms with Crippen molar-refractivity contribution < 1.29 is 15.0 Å². The number of hydrogen-bond acceptors (Lipinski definition) is 3. The molecule has 1 aromatic carbocycles. The van der Waals surface area contributed by atoms with Gasteiger partial charge in [-0.05, 0) is 47.8 Å². The lowest BCUT2D eigenvalue weighted by Gasteiger charge is -2.26. The lowest BCUT2D eigenvalue weighted by atomic mass is 10.0. The van der Waals surface area contributed by atoms with Crippen LogP contribution in [-0.4, -0.2) is 25.7 Å². The number of aliphatic hydroxyl groups excluding tert-OH is 1. The Morgan fingerprint density at radius 2 is 2.21 bits per heavy atom. The number of halogens is 1. The van der Waals surface area contributed by atoms with Crippen LogP contribution in [0, 0.1) is 0 Å². The summed E-state index contributed by atoms with van der Waals surface area (Å²) in [6.07, 6.45) is 0.990. The number of carboxylic acid groups (broad SMARTS) is 1. The van der Waals surface area contributed by atoms with Crippen LogP contribution in [-0.2, 0) is 0 Å². The van der Waals surface area contributed by atoms with Crippen LogP contribution in [0.25, 0.3) is 11.0 Å². The zero-order valence-electron chi connectivity index (χ0n) is 10.3. The summed E-state index contributed by atoms with van der Waals surface area (Å²) < 4.78 is 2.70. The second-order valence-electron chi connectivity index (χ2n) is 4.91. The summed E-state index contributed by atoms with van der Waals surface area (Å²) in [6, 6.07) is 3.37. The Balaban J connectivity index is 2.34. The van der Waals surface area contributed by atoms with E-state index < -0.39 is 12.1 Å². The van der Waals surface area contributed by atoms with Crippen molar-refractivity contribution >= 4 is 32.9 Å². The van der Waals surface area contributed by atoms with E-state index in [9.17, 15) is 9.90 Å². The first-order valence-electron chi connectivity index (χ1n) is 6.11. The van der Waals surface area contributed by atoms with Crippen molar-refractivity contribution in [2.75, 3.05) is 0 Å². The summed E-state index contributed by atoms with van der Waals surface area (Å²) in [7, 11) is 0. The van der Waals surface area contributed by atoms with Crippen LogP contribution in [0.3, 0.4) is 0 Å². The minimum atomic E-state index is -0.984. The van der Waals surface area contributed by atoms with E-state index in [-0.39, 0.29) is 11.6 Å². The number of hydrogen-bond donors (Lipinski definition) is 2. The number of benzene rings is 1. The number of nitrogens with zero attached hydrogens (tertiary/aromatic N) is 2. The smallest absolute Gasteiger partial charge is 0.335 e. The molecule has 0 saturated heterocycles. The van der Waals surface area contributed by atoms with E-state index in [1.165, 1.54) is 0 Å². The number of aromatic nitrogens is 2. The molecule has 0 radical (unpaired) electrons. The molecule has 19 heavy (non-hydrogen) atoms. The Hall–Kier alpha value is -1.40.